The van der Waals surface area contributed by atoms with Crippen LogP contribution in [0.15, 0.2) is 66.7 Å². The van der Waals surface area contributed by atoms with Crippen molar-refractivity contribution in [2.24, 2.45) is 0 Å². The van der Waals surface area contributed by atoms with E-state index in [0.29, 0.717) is 0 Å². The highest BCUT2D eigenvalue weighted by Crippen LogP contribution is 2.45. The van der Waals surface area contributed by atoms with Crippen molar-refractivity contribution in [3.8, 4) is 0 Å². The Morgan fingerprint density at radius 2 is 1.69 bits per heavy atom. The van der Waals surface area contributed by atoms with Crippen molar-refractivity contribution >= 4 is 16.3 Å². The molecule has 3 aromatic carbocycles. The van der Waals surface area contributed by atoms with E-state index in [1.807, 2.05) is 0 Å². The molecule has 1 fully saturated rings. The summed E-state index contributed by atoms with van der Waals surface area (Å²) in [7, 11) is 0. The van der Waals surface area contributed by atoms with Gasteiger partial charge in [0.25, 0.3) is 0 Å². The van der Waals surface area contributed by atoms with E-state index in [2.05, 4.69) is 78.6 Å². The third-order valence-electron chi connectivity index (χ3n) is 7.07. The lowest BCUT2D eigenvalue weighted by molar-refractivity contribution is 0.0390. The van der Waals surface area contributed by atoms with Crippen molar-refractivity contribution < 1.29 is 9.84 Å². The lowest BCUT2D eigenvalue weighted by Crippen LogP contribution is -2.36. The quantitative estimate of drug-likeness (QED) is 0.523. The average molecular weight is 428 g/mol. The molecule has 5 rings (SSSR count). The molecule has 1 aliphatic heterocycles. The van der Waals surface area contributed by atoms with Crippen molar-refractivity contribution in [2.75, 3.05) is 32.8 Å². The summed E-state index contributed by atoms with van der Waals surface area (Å²) in [5.41, 5.74) is 6.32. The minimum atomic E-state index is -0.558. The number of aryl methyl sites for hydroxylation is 1. The second kappa shape index (κ2) is 9.58. The van der Waals surface area contributed by atoms with Gasteiger partial charge in [0.15, 0.2) is 0 Å². The average Bonchev–Trinajstić information content (AvgIpc) is 3.22. The molecule has 1 heterocycles. The van der Waals surface area contributed by atoms with Gasteiger partial charge in [-0.05, 0) is 51.4 Å². The molecule has 0 amide bonds. The predicted octanol–water partition coefficient (Wildman–Crippen LogP) is 5.73. The van der Waals surface area contributed by atoms with Crippen molar-refractivity contribution in [1.82, 2.24) is 4.90 Å². The molecule has 3 heteroatoms. The zero-order chi connectivity index (χ0) is 21.9. The molecule has 0 spiro atoms. The molecule has 32 heavy (non-hydrogen) atoms. The zero-order valence-electron chi connectivity index (χ0n) is 19.0. The van der Waals surface area contributed by atoms with E-state index in [-0.39, 0.29) is 5.92 Å². The van der Waals surface area contributed by atoms with E-state index in [0.717, 1.165) is 57.7 Å². The maximum atomic E-state index is 11.6. The summed E-state index contributed by atoms with van der Waals surface area (Å²) in [6, 6.07) is 21.5. The molecule has 166 valence electrons. The topological polar surface area (TPSA) is 32.7 Å². The van der Waals surface area contributed by atoms with E-state index in [4.69, 9.17) is 4.74 Å². The van der Waals surface area contributed by atoms with Crippen LogP contribution < -0.4 is 0 Å². The van der Waals surface area contributed by atoms with Gasteiger partial charge in [-0.3, -0.25) is 4.90 Å². The second-order valence-corrected chi connectivity index (χ2v) is 9.06. The number of rotatable bonds is 7. The Bertz CT molecular complexity index is 1110. The Morgan fingerprint density at radius 1 is 0.938 bits per heavy atom. The normalized spacial score (nSPS) is 19.7. The maximum Gasteiger partial charge on any atom is 0.0899 e. The lowest BCUT2D eigenvalue weighted by atomic mass is 9.87. The Hall–Kier alpha value is -2.46. The van der Waals surface area contributed by atoms with Crippen molar-refractivity contribution in [1.29, 1.82) is 0 Å². The van der Waals surface area contributed by atoms with Crippen molar-refractivity contribution in [3.05, 3.63) is 89.0 Å². The van der Waals surface area contributed by atoms with E-state index in [9.17, 15) is 5.11 Å². The Morgan fingerprint density at radius 3 is 2.50 bits per heavy atom. The molecule has 3 aromatic rings. The summed E-state index contributed by atoms with van der Waals surface area (Å²) in [5, 5.41) is 14.1. The summed E-state index contributed by atoms with van der Waals surface area (Å²) in [6.07, 6.45) is 4.96. The molecule has 2 unspecified atom stereocenters. The summed E-state index contributed by atoms with van der Waals surface area (Å²) >= 11 is 0. The Labute approximate surface area is 191 Å². The van der Waals surface area contributed by atoms with Crippen LogP contribution in [0.3, 0.4) is 0 Å². The number of aliphatic hydroxyl groups excluding tert-OH is 1. The summed E-state index contributed by atoms with van der Waals surface area (Å²) in [4.78, 5) is 2.48. The molecule has 2 atom stereocenters. The molecule has 0 bridgehead atoms. The largest absolute Gasteiger partial charge is 0.387 e. The van der Waals surface area contributed by atoms with Gasteiger partial charge in [0.1, 0.15) is 0 Å². The van der Waals surface area contributed by atoms with E-state index >= 15 is 0 Å². The molecule has 0 saturated carbocycles. The smallest absolute Gasteiger partial charge is 0.0899 e. The highest BCUT2D eigenvalue weighted by molar-refractivity contribution is 5.89. The first-order valence-corrected chi connectivity index (χ1v) is 12.0. The molecular weight excluding hydrogens is 394 g/mol. The second-order valence-electron chi connectivity index (χ2n) is 9.06. The van der Waals surface area contributed by atoms with Crippen LogP contribution >= 0.6 is 0 Å². The first-order valence-electron chi connectivity index (χ1n) is 12.0. The number of nitrogens with zero attached hydrogens (tertiary/aromatic N) is 1. The summed E-state index contributed by atoms with van der Waals surface area (Å²) < 4.78 is 5.49. The number of ether oxygens (including phenoxy) is 1. The van der Waals surface area contributed by atoms with Gasteiger partial charge in [0.2, 0.25) is 0 Å². The number of morpholine rings is 1. The van der Waals surface area contributed by atoms with Crippen LogP contribution in [-0.2, 0) is 11.2 Å². The number of hydrogen-bond donors (Lipinski definition) is 1. The van der Waals surface area contributed by atoms with Crippen LogP contribution in [-0.4, -0.2) is 42.9 Å². The number of aliphatic hydroxyl groups is 1. The van der Waals surface area contributed by atoms with Crippen LogP contribution in [0.5, 0.6) is 0 Å². The van der Waals surface area contributed by atoms with Gasteiger partial charge in [-0.1, -0.05) is 80.1 Å². The SMILES string of the molecule is CCCc1ccc(C(O)C2C=C(CCN3CCOCC3)c3ccccc32)c2ccccc12. The fourth-order valence-electron chi connectivity index (χ4n) is 5.38. The Kier molecular flexibility index (Phi) is 6.40. The van der Waals surface area contributed by atoms with Gasteiger partial charge in [0.05, 0.1) is 19.3 Å². The molecule has 1 N–H and O–H groups in total. The van der Waals surface area contributed by atoms with Gasteiger partial charge in [-0.15, -0.1) is 0 Å². The van der Waals surface area contributed by atoms with Gasteiger partial charge >= 0.3 is 0 Å². The number of fused-ring (bicyclic) bond motifs is 2. The molecule has 0 radical (unpaired) electrons. The van der Waals surface area contributed by atoms with Crippen molar-refractivity contribution in [3.63, 3.8) is 0 Å². The summed E-state index contributed by atoms with van der Waals surface area (Å²) in [6.45, 7) is 6.95. The first-order chi connectivity index (χ1) is 15.8. The van der Waals surface area contributed by atoms with Gasteiger partial charge in [-0.2, -0.15) is 0 Å². The molecule has 3 nitrogen and oxygen atoms in total. The zero-order valence-corrected chi connectivity index (χ0v) is 19.0. The third kappa shape index (κ3) is 4.13. The fourth-order valence-corrected chi connectivity index (χ4v) is 5.38. The highest BCUT2D eigenvalue weighted by Gasteiger charge is 2.30. The van der Waals surface area contributed by atoms with Gasteiger partial charge in [0, 0.05) is 25.6 Å². The first kappa shape index (κ1) is 21.4. The molecular formula is C29H33NO2. The summed E-state index contributed by atoms with van der Waals surface area (Å²) in [5.74, 6) is -0.00804. The van der Waals surface area contributed by atoms with E-state index in [1.54, 1.807) is 0 Å². The van der Waals surface area contributed by atoms with E-state index in [1.165, 1.54) is 33.0 Å². The van der Waals surface area contributed by atoms with Crippen LogP contribution in [0.25, 0.3) is 16.3 Å². The molecule has 1 aliphatic carbocycles. The maximum absolute atomic E-state index is 11.6. The fraction of sp³-hybridized carbons (Fsp3) is 0.379. The van der Waals surface area contributed by atoms with Crippen LogP contribution in [0, 0.1) is 0 Å². The number of benzene rings is 3. The lowest BCUT2D eigenvalue weighted by Gasteiger charge is -2.26. The molecule has 2 aliphatic rings. The minimum Gasteiger partial charge on any atom is -0.387 e. The Balaban J connectivity index is 1.46. The molecule has 0 aromatic heterocycles. The minimum absolute atomic E-state index is 0.00804. The molecule has 1 saturated heterocycles. The van der Waals surface area contributed by atoms with Crippen LogP contribution in [0.2, 0.25) is 0 Å². The number of hydrogen-bond acceptors (Lipinski definition) is 3. The van der Waals surface area contributed by atoms with Gasteiger partial charge < -0.3 is 9.84 Å². The third-order valence-corrected chi connectivity index (χ3v) is 7.07. The van der Waals surface area contributed by atoms with E-state index < -0.39 is 6.10 Å². The van der Waals surface area contributed by atoms with Crippen molar-refractivity contribution in [2.45, 2.75) is 38.2 Å². The van der Waals surface area contributed by atoms with Gasteiger partial charge in [-0.25, -0.2) is 0 Å². The highest BCUT2D eigenvalue weighted by atomic mass is 16.5. The van der Waals surface area contributed by atoms with Crippen LogP contribution in [0.4, 0.5) is 0 Å². The monoisotopic (exact) mass is 427 g/mol. The standard InChI is InChI=1S/C29H33NO2/c1-2-7-21-12-13-27(25-10-5-3-8-23(21)25)29(31)28-20-22(24-9-4-6-11-26(24)28)14-15-30-16-18-32-19-17-30/h3-6,8-13,20,28-29,31H,2,7,14-19H2,1H3. The predicted molar refractivity (Wildman–Crippen MR) is 132 cm³/mol. The van der Waals surface area contributed by atoms with Crippen LogP contribution in [0.1, 0.15) is 54.0 Å².